The van der Waals surface area contributed by atoms with Crippen LogP contribution in [-0.2, 0) is 15.0 Å². The second-order valence-corrected chi connectivity index (χ2v) is 5.81. The van der Waals surface area contributed by atoms with Gasteiger partial charge in [0.05, 0.1) is 5.41 Å². The van der Waals surface area contributed by atoms with Crippen molar-refractivity contribution in [2.45, 2.75) is 56.9 Å². The Hall–Kier alpha value is -1.84. The van der Waals surface area contributed by atoms with Crippen molar-refractivity contribution < 1.29 is 14.7 Å². The van der Waals surface area contributed by atoms with Gasteiger partial charge >= 0.3 is 5.97 Å². The molecular weight excluding hydrogens is 266 g/mol. The first kappa shape index (κ1) is 15.5. The van der Waals surface area contributed by atoms with Crippen LogP contribution in [0.3, 0.4) is 0 Å². The molecule has 1 saturated carbocycles. The Morgan fingerprint density at radius 3 is 2.43 bits per heavy atom. The van der Waals surface area contributed by atoms with Crippen molar-refractivity contribution >= 4 is 11.9 Å². The molecule has 1 aliphatic rings. The van der Waals surface area contributed by atoms with E-state index in [2.05, 4.69) is 5.32 Å². The largest absolute Gasteiger partial charge is 0.480 e. The lowest BCUT2D eigenvalue weighted by Crippen LogP contribution is -2.53. The Morgan fingerprint density at radius 1 is 1.29 bits per heavy atom. The molecular formula is C17H23NO3. The van der Waals surface area contributed by atoms with E-state index < -0.39 is 17.4 Å². The maximum atomic E-state index is 12.7. The summed E-state index contributed by atoms with van der Waals surface area (Å²) >= 11 is 0. The van der Waals surface area contributed by atoms with Crippen LogP contribution >= 0.6 is 0 Å². The molecule has 1 fully saturated rings. The van der Waals surface area contributed by atoms with Crippen LogP contribution in [0.25, 0.3) is 0 Å². The topological polar surface area (TPSA) is 66.4 Å². The predicted octanol–water partition coefficient (Wildman–Crippen LogP) is 2.87. The number of hydrogen-bond acceptors (Lipinski definition) is 2. The van der Waals surface area contributed by atoms with E-state index in [4.69, 9.17) is 0 Å². The van der Waals surface area contributed by atoms with Gasteiger partial charge < -0.3 is 10.4 Å². The summed E-state index contributed by atoms with van der Waals surface area (Å²) in [7, 11) is 0. The average Bonchev–Trinajstić information content (AvgIpc) is 2.43. The molecule has 0 radical (unpaired) electrons. The molecule has 2 rings (SSSR count). The summed E-state index contributed by atoms with van der Waals surface area (Å²) in [5.41, 5.74) is 0.467. The summed E-state index contributed by atoms with van der Waals surface area (Å²) in [6.07, 6.45) is 4.81. The van der Waals surface area contributed by atoms with Crippen LogP contribution < -0.4 is 5.32 Å². The second-order valence-electron chi connectivity index (χ2n) is 5.81. The minimum atomic E-state index is -0.945. The average molecular weight is 289 g/mol. The molecule has 1 aromatic rings. The van der Waals surface area contributed by atoms with Crippen LogP contribution in [0.5, 0.6) is 0 Å². The van der Waals surface area contributed by atoms with E-state index in [-0.39, 0.29) is 5.91 Å². The Balaban J connectivity index is 2.11. The molecule has 0 unspecified atom stereocenters. The second kappa shape index (κ2) is 6.74. The van der Waals surface area contributed by atoms with E-state index in [0.717, 1.165) is 37.7 Å². The van der Waals surface area contributed by atoms with E-state index >= 15 is 0 Å². The van der Waals surface area contributed by atoms with Crippen molar-refractivity contribution in [3.8, 4) is 0 Å². The predicted molar refractivity (Wildman–Crippen MR) is 81.1 cm³/mol. The Morgan fingerprint density at radius 2 is 1.95 bits per heavy atom. The standard InChI is InChI=1S/C17H23NO3/c1-2-3-10-14(15(19)20)18-16(21)17(11-7-12-17)13-8-5-4-6-9-13/h4-6,8-9,14H,2-3,7,10-12H2,1H3,(H,18,21)(H,19,20)/t14-/m0/s1. The third-order valence-corrected chi connectivity index (χ3v) is 4.42. The van der Waals surface area contributed by atoms with Gasteiger partial charge in [-0.1, -0.05) is 56.5 Å². The van der Waals surface area contributed by atoms with Gasteiger partial charge in [-0.05, 0) is 24.8 Å². The zero-order valence-corrected chi connectivity index (χ0v) is 12.5. The normalized spacial score (nSPS) is 17.6. The molecule has 1 aromatic carbocycles. The molecule has 0 bridgehead atoms. The molecule has 1 atom stereocenters. The number of nitrogens with one attached hydrogen (secondary N) is 1. The molecule has 0 spiro atoms. The van der Waals surface area contributed by atoms with E-state index in [9.17, 15) is 14.7 Å². The highest BCUT2D eigenvalue weighted by molar-refractivity contribution is 5.92. The van der Waals surface area contributed by atoms with Gasteiger partial charge in [-0.2, -0.15) is 0 Å². The number of carbonyl (C=O) groups excluding carboxylic acids is 1. The number of rotatable bonds is 7. The Kier molecular flexibility index (Phi) is 4.99. The summed E-state index contributed by atoms with van der Waals surface area (Å²) in [4.78, 5) is 23.9. The van der Waals surface area contributed by atoms with Crippen LogP contribution in [0.4, 0.5) is 0 Å². The zero-order valence-electron chi connectivity index (χ0n) is 12.5. The SMILES string of the molecule is CCCC[C@H](NC(=O)C1(c2ccccc2)CCC1)C(=O)O. The van der Waals surface area contributed by atoms with E-state index in [0.29, 0.717) is 6.42 Å². The van der Waals surface area contributed by atoms with Gasteiger partial charge in [0.1, 0.15) is 6.04 Å². The molecule has 4 heteroatoms. The lowest BCUT2D eigenvalue weighted by molar-refractivity contribution is -0.143. The molecule has 0 aromatic heterocycles. The van der Waals surface area contributed by atoms with Crippen LogP contribution in [0.2, 0.25) is 0 Å². The first-order valence-electron chi connectivity index (χ1n) is 7.69. The lowest BCUT2D eigenvalue weighted by Gasteiger charge is -2.41. The fourth-order valence-corrected chi connectivity index (χ4v) is 2.90. The number of aliphatic carboxylic acids is 1. The number of hydrogen-bond donors (Lipinski definition) is 2. The van der Waals surface area contributed by atoms with Crippen LogP contribution in [0.15, 0.2) is 30.3 Å². The number of benzene rings is 1. The van der Waals surface area contributed by atoms with Gasteiger partial charge in [-0.3, -0.25) is 4.79 Å². The molecule has 114 valence electrons. The summed E-state index contributed by atoms with van der Waals surface area (Å²) in [6.45, 7) is 2.01. The Bertz CT molecular complexity index is 494. The third kappa shape index (κ3) is 3.26. The number of unbranched alkanes of at least 4 members (excludes halogenated alkanes) is 1. The van der Waals surface area contributed by atoms with Crippen molar-refractivity contribution in [3.05, 3.63) is 35.9 Å². The van der Waals surface area contributed by atoms with E-state index in [1.54, 1.807) is 0 Å². The third-order valence-electron chi connectivity index (χ3n) is 4.42. The van der Waals surface area contributed by atoms with Crippen LogP contribution in [0.1, 0.15) is 51.0 Å². The fourth-order valence-electron chi connectivity index (χ4n) is 2.90. The van der Waals surface area contributed by atoms with Gasteiger partial charge in [0.15, 0.2) is 0 Å². The highest BCUT2D eigenvalue weighted by atomic mass is 16.4. The van der Waals surface area contributed by atoms with Gasteiger partial charge in [0.25, 0.3) is 0 Å². The first-order valence-corrected chi connectivity index (χ1v) is 7.69. The van der Waals surface area contributed by atoms with Crippen LogP contribution in [0, 0.1) is 0 Å². The maximum absolute atomic E-state index is 12.7. The maximum Gasteiger partial charge on any atom is 0.326 e. The minimum Gasteiger partial charge on any atom is -0.480 e. The molecule has 0 heterocycles. The van der Waals surface area contributed by atoms with Crippen molar-refractivity contribution in [3.63, 3.8) is 0 Å². The first-order chi connectivity index (χ1) is 10.1. The van der Waals surface area contributed by atoms with Crippen molar-refractivity contribution in [1.82, 2.24) is 5.32 Å². The highest BCUT2D eigenvalue weighted by Crippen LogP contribution is 2.44. The zero-order chi connectivity index (χ0) is 15.3. The molecule has 1 amide bonds. The molecule has 1 aliphatic carbocycles. The number of carboxylic acid groups (broad SMARTS) is 1. The quantitative estimate of drug-likeness (QED) is 0.811. The van der Waals surface area contributed by atoms with Crippen molar-refractivity contribution in [2.75, 3.05) is 0 Å². The van der Waals surface area contributed by atoms with Crippen molar-refractivity contribution in [1.29, 1.82) is 0 Å². The number of carbonyl (C=O) groups is 2. The molecule has 0 aliphatic heterocycles. The summed E-state index contributed by atoms with van der Waals surface area (Å²) in [6, 6.07) is 8.91. The van der Waals surface area contributed by atoms with Gasteiger partial charge in [0.2, 0.25) is 5.91 Å². The number of carboxylic acids is 1. The summed E-state index contributed by atoms with van der Waals surface area (Å²) in [5, 5.41) is 12.0. The minimum absolute atomic E-state index is 0.136. The highest BCUT2D eigenvalue weighted by Gasteiger charge is 2.46. The van der Waals surface area contributed by atoms with Gasteiger partial charge in [-0.15, -0.1) is 0 Å². The number of amides is 1. The smallest absolute Gasteiger partial charge is 0.326 e. The molecule has 4 nitrogen and oxygen atoms in total. The molecule has 2 N–H and O–H groups in total. The van der Waals surface area contributed by atoms with E-state index in [1.165, 1.54) is 0 Å². The lowest BCUT2D eigenvalue weighted by atomic mass is 9.63. The Labute approximate surface area is 125 Å². The van der Waals surface area contributed by atoms with Gasteiger partial charge in [-0.25, -0.2) is 4.79 Å². The summed E-state index contributed by atoms with van der Waals surface area (Å²) < 4.78 is 0. The monoisotopic (exact) mass is 289 g/mol. The van der Waals surface area contributed by atoms with Gasteiger partial charge in [0, 0.05) is 0 Å². The molecule has 0 saturated heterocycles. The molecule has 21 heavy (non-hydrogen) atoms. The summed E-state index contributed by atoms with van der Waals surface area (Å²) in [5.74, 6) is -1.08. The van der Waals surface area contributed by atoms with E-state index in [1.807, 2.05) is 37.3 Å². The fraction of sp³-hybridized carbons (Fsp3) is 0.529. The van der Waals surface area contributed by atoms with Crippen LogP contribution in [-0.4, -0.2) is 23.0 Å². The van der Waals surface area contributed by atoms with Crippen molar-refractivity contribution in [2.24, 2.45) is 0 Å².